The highest BCUT2D eigenvalue weighted by atomic mass is 35.5. The van der Waals surface area contributed by atoms with Crippen LogP contribution in [-0.4, -0.2) is 75.9 Å². The minimum absolute atomic E-state index is 0.0854. The van der Waals surface area contributed by atoms with E-state index >= 15 is 0 Å². The lowest BCUT2D eigenvalue weighted by atomic mass is 10.1. The molecule has 12 heteroatoms. The van der Waals surface area contributed by atoms with Gasteiger partial charge in [0.2, 0.25) is 11.9 Å². The van der Waals surface area contributed by atoms with Crippen molar-refractivity contribution in [2.75, 3.05) is 50.6 Å². The van der Waals surface area contributed by atoms with Crippen molar-refractivity contribution in [3.05, 3.63) is 41.8 Å². The van der Waals surface area contributed by atoms with E-state index in [1.54, 1.807) is 44.4 Å². The number of pyridine rings is 1. The lowest BCUT2D eigenvalue weighted by Gasteiger charge is -2.36. The Balaban J connectivity index is 1.44. The van der Waals surface area contributed by atoms with E-state index in [0.29, 0.717) is 60.0 Å². The van der Waals surface area contributed by atoms with Gasteiger partial charge in [-0.2, -0.15) is 5.10 Å². The van der Waals surface area contributed by atoms with E-state index in [4.69, 9.17) is 21.1 Å². The molecule has 5 rings (SSSR count). The molecule has 0 atom stereocenters. The summed E-state index contributed by atoms with van der Waals surface area (Å²) in [6.07, 6.45) is 5.01. The molecule has 37 heavy (non-hydrogen) atoms. The number of nitrogens with zero attached hydrogens (tertiary/aromatic N) is 7. The van der Waals surface area contributed by atoms with Crippen molar-refractivity contribution in [3.8, 4) is 22.8 Å². The SMILES string of the molecule is COc1cc(N2CCN(C(C)=O)CC2)c(OC)cc1Nc1ncc(Cl)c(-c2cnc3c(cnn3C)c2)n1. The quantitative estimate of drug-likeness (QED) is 0.406. The van der Waals surface area contributed by atoms with Gasteiger partial charge in [0.15, 0.2) is 5.65 Å². The van der Waals surface area contributed by atoms with Crippen LogP contribution in [0.2, 0.25) is 5.02 Å². The van der Waals surface area contributed by atoms with E-state index in [1.165, 1.54) is 0 Å². The molecule has 3 aromatic heterocycles. The third-order valence-electron chi connectivity index (χ3n) is 6.40. The summed E-state index contributed by atoms with van der Waals surface area (Å²) in [5, 5.41) is 8.77. The summed E-state index contributed by atoms with van der Waals surface area (Å²) in [5.74, 6) is 1.69. The lowest BCUT2D eigenvalue weighted by molar-refractivity contribution is -0.129. The number of hydrogen-bond acceptors (Lipinski definition) is 9. The minimum Gasteiger partial charge on any atom is -0.494 e. The highest BCUT2D eigenvalue weighted by molar-refractivity contribution is 6.33. The third kappa shape index (κ3) is 4.82. The highest BCUT2D eigenvalue weighted by Gasteiger charge is 2.23. The second kappa shape index (κ2) is 10.1. The Hall–Kier alpha value is -4.12. The van der Waals surface area contributed by atoms with Gasteiger partial charge >= 0.3 is 0 Å². The summed E-state index contributed by atoms with van der Waals surface area (Å²) in [5.41, 5.74) is 3.59. The smallest absolute Gasteiger partial charge is 0.227 e. The molecule has 1 aromatic carbocycles. The van der Waals surface area contributed by atoms with Gasteiger partial charge < -0.3 is 24.6 Å². The number of carbonyl (C=O) groups is 1. The number of aryl methyl sites for hydroxylation is 1. The molecule has 11 nitrogen and oxygen atoms in total. The number of halogens is 1. The van der Waals surface area contributed by atoms with Gasteiger partial charge in [0, 0.05) is 69.4 Å². The maximum Gasteiger partial charge on any atom is 0.227 e. The third-order valence-corrected chi connectivity index (χ3v) is 6.68. The largest absolute Gasteiger partial charge is 0.494 e. The Morgan fingerprint density at radius 2 is 1.76 bits per heavy atom. The Morgan fingerprint density at radius 1 is 1.00 bits per heavy atom. The first-order chi connectivity index (χ1) is 17.9. The van der Waals surface area contributed by atoms with Gasteiger partial charge in [-0.15, -0.1) is 0 Å². The maximum atomic E-state index is 11.7. The van der Waals surface area contributed by atoms with Crippen molar-refractivity contribution < 1.29 is 14.3 Å². The summed E-state index contributed by atoms with van der Waals surface area (Å²) in [7, 11) is 5.07. The van der Waals surface area contributed by atoms with Crippen LogP contribution < -0.4 is 19.7 Å². The van der Waals surface area contributed by atoms with Gasteiger partial charge in [-0.3, -0.25) is 9.48 Å². The number of methoxy groups -OCH3 is 2. The van der Waals surface area contributed by atoms with Crippen LogP contribution in [0.1, 0.15) is 6.92 Å². The molecule has 4 aromatic rings. The molecule has 0 aliphatic carbocycles. The number of fused-ring (bicyclic) bond motifs is 1. The summed E-state index contributed by atoms with van der Waals surface area (Å²) in [4.78, 5) is 29.2. The first kappa shape index (κ1) is 24.6. The highest BCUT2D eigenvalue weighted by Crippen LogP contribution is 2.40. The molecule has 0 radical (unpaired) electrons. The number of hydrogen-bond donors (Lipinski definition) is 1. The average Bonchev–Trinajstić information content (AvgIpc) is 3.29. The fourth-order valence-corrected chi connectivity index (χ4v) is 4.61. The summed E-state index contributed by atoms with van der Waals surface area (Å²) < 4.78 is 13.1. The number of carbonyl (C=O) groups excluding carboxylic acids is 1. The number of piperazine rings is 1. The zero-order chi connectivity index (χ0) is 26.1. The number of anilines is 3. The second-order valence-corrected chi connectivity index (χ2v) is 9.04. The number of benzene rings is 1. The molecule has 1 aliphatic rings. The lowest BCUT2D eigenvalue weighted by Crippen LogP contribution is -2.48. The topological polar surface area (TPSA) is 111 Å². The van der Waals surface area contributed by atoms with Gasteiger partial charge in [0.1, 0.15) is 11.5 Å². The Labute approximate surface area is 219 Å². The van der Waals surface area contributed by atoms with E-state index in [-0.39, 0.29) is 5.91 Å². The molecule has 1 fully saturated rings. The van der Waals surface area contributed by atoms with Crippen molar-refractivity contribution in [2.24, 2.45) is 7.05 Å². The van der Waals surface area contributed by atoms with Crippen LogP contribution in [0.5, 0.6) is 11.5 Å². The molecule has 1 saturated heterocycles. The maximum absolute atomic E-state index is 11.7. The van der Waals surface area contributed by atoms with E-state index in [1.807, 2.05) is 30.1 Å². The van der Waals surface area contributed by atoms with E-state index < -0.39 is 0 Å². The molecule has 1 N–H and O–H groups in total. The van der Waals surface area contributed by atoms with E-state index in [2.05, 4.69) is 30.3 Å². The minimum atomic E-state index is 0.0854. The first-order valence-corrected chi connectivity index (χ1v) is 12.1. The Kier molecular flexibility index (Phi) is 6.70. The molecule has 0 bridgehead atoms. The Morgan fingerprint density at radius 3 is 2.46 bits per heavy atom. The van der Waals surface area contributed by atoms with Crippen molar-refractivity contribution in [2.45, 2.75) is 6.92 Å². The van der Waals surface area contributed by atoms with Crippen LogP contribution in [0.3, 0.4) is 0 Å². The van der Waals surface area contributed by atoms with Gasteiger partial charge in [0.25, 0.3) is 0 Å². The standard InChI is InChI=1S/C25H27ClN8O3/c1-15(35)33-5-7-34(8-6-33)20-11-21(36-3)19(10-22(20)37-4)30-25-28-14-18(26)23(31-25)16-9-17-13-29-32(2)24(17)27-12-16/h9-14H,5-8H2,1-4H3,(H,28,30,31). The van der Waals surface area contributed by atoms with Crippen molar-refractivity contribution in [3.63, 3.8) is 0 Å². The van der Waals surface area contributed by atoms with Gasteiger partial charge in [-0.1, -0.05) is 11.6 Å². The second-order valence-electron chi connectivity index (χ2n) is 8.64. The van der Waals surface area contributed by atoms with Crippen LogP contribution in [0, 0.1) is 0 Å². The van der Waals surface area contributed by atoms with Crippen LogP contribution in [0.15, 0.2) is 36.8 Å². The number of amides is 1. The van der Waals surface area contributed by atoms with Crippen LogP contribution in [0.25, 0.3) is 22.3 Å². The number of aromatic nitrogens is 5. The van der Waals surface area contributed by atoms with E-state index in [0.717, 1.165) is 22.3 Å². The molecule has 4 heterocycles. The fourth-order valence-electron chi connectivity index (χ4n) is 4.41. The molecule has 0 saturated carbocycles. The molecular formula is C25H27ClN8O3. The predicted molar refractivity (Wildman–Crippen MR) is 142 cm³/mol. The monoisotopic (exact) mass is 522 g/mol. The van der Waals surface area contributed by atoms with Crippen LogP contribution >= 0.6 is 11.6 Å². The van der Waals surface area contributed by atoms with E-state index in [9.17, 15) is 4.79 Å². The molecule has 192 valence electrons. The molecule has 0 spiro atoms. The van der Waals surface area contributed by atoms with Crippen LogP contribution in [0.4, 0.5) is 17.3 Å². The predicted octanol–water partition coefficient (Wildman–Crippen LogP) is 3.51. The first-order valence-electron chi connectivity index (χ1n) is 11.7. The summed E-state index contributed by atoms with van der Waals surface area (Å²) in [6, 6.07) is 5.71. The zero-order valence-electron chi connectivity index (χ0n) is 21.0. The van der Waals surface area contributed by atoms with Crippen molar-refractivity contribution >= 4 is 45.9 Å². The van der Waals surface area contributed by atoms with Crippen LogP contribution in [-0.2, 0) is 11.8 Å². The van der Waals surface area contributed by atoms with Gasteiger partial charge in [-0.25, -0.2) is 15.0 Å². The zero-order valence-corrected chi connectivity index (χ0v) is 21.8. The molecular weight excluding hydrogens is 496 g/mol. The number of nitrogens with one attached hydrogen (secondary N) is 1. The molecule has 0 unspecified atom stereocenters. The van der Waals surface area contributed by atoms with Gasteiger partial charge in [-0.05, 0) is 6.07 Å². The molecule has 1 aliphatic heterocycles. The number of rotatable bonds is 6. The molecule has 1 amide bonds. The normalized spacial score (nSPS) is 13.6. The summed E-state index contributed by atoms with van der Waals surface area (Å²) >= 11 is 6.46. The number of ether oxygens (including phenoxy) is 2. The van der Waals surface area contributed by atoms with Crippen molar-refractivity contribution in [1.29, 1.82) is 0 Å². The van der Waals surface area contributed by atoms with Gasteiger partial charge in [0.05, 0.1) is 48.7 Å². The average molecular weight is 523 g/mol. The van der Waals surface area contributed by atoms with Crippen molar-refractivity contribution in [1.82, 2.24) is 29.6 Å². The summed E-state index contributed by atoms with van der Waals surface area (Å²) in [6.45, 7) is 4.30. The fraction of sp³-hybridized carbons (Fsp3) is 0.320. The Bertz CT molecular complexity index is 1470.